The van der Waals surface area contributed by atoms with E-state index in [0.717, 1.165) is 11.1 Å². The minimum absolute atomic E-state index is 0.237. The molecular formula is C24H17BrCl3N3O2. The number of rotatable bonds is 7. The van der Waals surface area contributed by atoms with Crippen LogP contribution in [0.1, 0.15) is 21.5 Å². The normalized spacial score (nSPS) is 10.8. The third kappa shape index (κ3) is 6.09. The summed E-state index contributed by atoms with van der Waals surface area (Å²) in [5.74, 6) is 0.630. The Morgan fingerprint density at radius 3 is 2.55 bits per heavy atom. The Morgan fingerprint density at radius 1 is 1.00 bits per heavy atom. The molecule has 4 rings (SSSR count). The van der Waals surface area contributed by atoms with Crippen LogP contribution in [0.4, 0.5) is 5.82 Å². The van der Waals surface area contributed by atoms with Gasteiger partial charge in [0.25, 0.3) is 5.91 Å². The van der Waals surface area contributed by atoms with Crippen molar-refractivity contribution in [1.82, 2.24) is 9.78 Å². The fourth-order valence-electron chi connectivity index (χ4n) is 3.08. The van der Waals surface area contributed by atoms with Gasteiger partial charge in [-0.05, 0) is 63.5 Å². The van der Waals surface area contributed by atoms with Gasteiger partial charge in [-0.3, -0.25) is 9.48 Å². The van der Waals surface area contributed by atoms with Crippen molar-refractivity contribution in [1.29, 1.82) is 0 Å². The van der Waals surface area contributed by atoms with E-state index in [1.807, 2.05) is 36.5 Å². The number of anilines is 1. The SMILES string of the molecule is O=C(Nc1nn(Cc2ccc(Cl)cc2)cc1Br)c1cccc(COc2cccc(Cl)c2Cl)c1. The zero-order valence-electron chi connectivity index (χ0n) is 17.1. The summed E-state index contributed by atoms with van der Waals surface area (Å²) in [6, 6.07) is 19.9. The van der Waals surface area contributed by atoms with Crippen LogP contribution in [0, 0.1) is 0 Å². The lowest BCUT2D eigenvalue weighted by Gasteiger charge is -2.10. The van der Waals surface area contributed by atoms with E-state index < -0.39 is 0 Å². The molecule has 5 nitrogen and oxygen atoms in total. The molecule has 0 aliphatic rings. The highest BCUT2D eigenvalue weighted by atomic mass is 79.9. The van der Waals surface area contributed by atoms with Gasteiger partial charge in [0, 0.05) is 16.8 Å². The van der Waals surface area contributed by atoms with Gasteiger partial charge in [-0.1, -0.05) is 65.1 Å². The Balaban J connectivity index is 1.42. The van der Waals surface area contributed by atoms with Crippen molar-refractivity contribution < 1.29 is 9.53 Å². The van der Waals surface area contributed by atoms with Gasteiger partial charge in [0.05, 0.1) is 16.0 Å². The van der Waals surface area contributed by atoms with E-state index >= 15 is 0 Å². The van der Waals surface area contributed by atoms with Crippen LogP contribution < -0.4 is 10.1 Å². The van der Waals surface area contributed by atoms with E-state index in [1.54, 1.807) is 41.1 Å². The molecule has 0 saturated carbocycles. The lowest BCUT2D eigenvalue weighted by Crippen LogP contribution is -2.13. The zero-order valence-corrected chi connectivity index (χ0v) is 20.9. The summed E-state index contributed by atoms with van der Waals surface area (Å²) in [6.07, 6.45) is 1.81. The Bertz CT molecular complexity index is 1290. The molecule has 168 valence electrons. The Labute approximate surface area is 214 Å². The summed E-state index contributed by atoms with van der Waals surface area (Å²) in [5, 5.41) is 8.75. The molecule has 0 bridgehead atoms. The first-order valence-corrected chi connectivity index (χ1v) is 11.8. The van der Waals surface area contributed by atoms with Crippen LogP contribution in [0.2, 0.25) is 15.1 Å². The Kier molecular flexibility index (Phi) is 7.60. The number of ether oxygens (including phenoxy) is 1. The second kappa shape index (κ2) is 10.6. The first kappa shape index (κ1) is 23.6. The maximum absolute atomic E-state index is 12.8. The standard InChI is InChI=1S/C24H17BrCl3N3O2/c25-19-13-31(12-15-7-9-18(26)10-8-15)30-23(19)29-24(32)17-4-1-3-16(11-17)14-33-21-6-2-5-20(27)22(21)28/h1-11,13H,12,14H2,(H,29,30,32). The van der Waals surface area contributed by atoms with Crippen molar-refractivity contribution >= 4 is 62.5 Å². The molecule has 1 aromatic heterocycles. The van der Waals surface area contributed by atoms with E-state index in [1.165, 1.54) is 0 Å². The summed E-state index contributed by atoms with van der Waals surface area (Å²) in [7, 11) is 0. The van der Waals surface area contributed by atoms with Crippen molar-refractivity contribution in [2.24, 2.45) is 0 Å². The minimum atomic E-state index is -0.282. The number of nitrogens with one attached hydrogen (secondary N) is 1. The maximum Gasteiger partial charge on any atom is 0.256 e. The number of nitrogens with zero attached hydrogens (tertiary/aromatic N) is 2. The van der Waals surface area contributed by atoms with E-state index in [0.29, 0.717) is 43.2 Å². The second-order valence-corrected chi connectivity index (χ2v) is 9.22. The van der Waals surface area contributed by atoms with Crippen molar-refractivity contribution in [2.75, 3.05) is 5.32 Å². The number of carbonyl (C=O) groups is 1. The number of halogens is 4. The molecule has 0 saturated heterocycles. The van der Waals surface area contributed by atoms with Gasteiger partial charge >= 0.3 is 0 Å². The van der Waals surface area contributed by atoms with Crippen LogP contribution in [0.3, 0.4) is 0 Å². The summed E-state index contributed by atoms with van der Waals surface area (Å²) in [4.78, 5) is 12.8. The second-order valence-electron chi connectivity index (χ2n) is 7.14. The summed E-state index contributed by atoms with van der Waals surface area (Å²) in [5.41, 5.74) is 2.33. The van der Waals surface area contributed by atoms with Crippen LogP contribution in [0.15, 0.2) is 77.4 Å². The van der Waals surface area contributed by atoms with Gasteiger partial charge in [0.15, 0.2) is 5.82 Å². The highest BCUT2D eigenvalue weighted by Gasteiger charge is 2.13. The van der Waals surface area contributed by atoms with E-state index in [4.69, 9.17) is 39.5 Å². The molecule has 0 spiro atoms. The monoisotopic (exact) mass is 563 g/mol. The molecule has 33 heavy (non-hydrogen) atoms. The van der Waals surface area contributed by atoms with Gasteiger partial charge in [-0.15, -0.1) is 0 Å². The minimum Gasteiger partial charge on any atom is -0.487 e. The third-order valence-electron chi connectivity index (χ3n) is 4.71. The highest BCUT2D eigenvalue weighted by Crippen LogP contribution is 2.32. The number of amides is 1. The molecule has 0 unspecified atom stereocenters. The summed E-state index contributed by atoms with van der Waals surface area (Å²) >= 11 is 21.6. The molecule has 1 N–H and O–H groups in total. The average Bonchev–Trinajstić information content (AvgIpc) is 3.15. The van der Waals surface area contributed by atoms with Crippen molar-refractivity contribution in [3.8, 4) is 5.75 Å². The summed E-state index contributed by atoms with van der Waals surface area (Å²) in [6.45, 7) is 0.783. The fraction of sp³-hybridized carbons (Fsp3) is 0.0833. The zero-order chi connectivity index (χ0) is 23.4. The van der Waals surface area contributed by atoms with Crippen LogP contribution in [0.5, 0.6) is 5.75 Å². The van der Waals surface area contributed by atoms with Crippen molar-refractivity contribution in [3.63, 3.8) is 0 Å². The predicted octanol–water partition coefficient (Wildman–Crippen LogP) is 7.49. The van der Waals surface area contributed by atoms with Crippen molar-refractivity contribution in [2.45, 2.75) is 13.2 Å². The van der Waals surface area contributed by atoms with Gasteiger partial charge in [0.2, 0.25) is 0 Å². The van der Waals surface area contributed by atoms with Crippen molar-refractivity contribution in [3.05, 3.63) is 109 Å². The molecule has 0 atom stereocenters. The van der Waals surface area contributed by atoms with Crippen LogP contribution in [0.25, 0.3) is 0 Å². The molecule has 3 aromatic carbocycles. The molecule has 1 heterocycles. The topological polar surface area (TPSA) is 56.2 Å². The van der Waals surface area contributed by atoms with Crippen LogP contribution >= 0.6 is 50.7 Å². The predicted molar refractivity (Wildman–Crippen MR) is 136 cm³/mol. The van der Waals surface area contributed by atoms with E-state index in [9.17, 15) is 4.79 Å². The van der Waals surface area contributed by atoms with Gasteiger partial charge in [-0.2, -0.15) is 5.10 Å². The number of hydrogen-bond donors (Lipinski definition) is 1. The molecule has 0 fully saturated rings. The lowest BCUT2D eigenvalue weighted by molar-refractivity contribution is 0.102. The van der Waals surface area contributed by atoms with Crippen LogP contribution in [-0.2, 0) is 13.2 Å². The van der Waals surface area contributed by atoms with Gasteiger partial charge in [-0.25, -0.2) is 0 Å². The third-order valence-corrected chi connectivity index (χ3v) is 6.34. The lowest BCUT2D eigenvalue weighted by atomic mass is 10.1. The maximum atomic E-state index is 12.8. The number of hydrogen-bond acceptors (Lipinski definition) is 3. The van der Waals surface area contributed by atoms with E-state index in [2.05, 4.69) is 26.3 Å². The van der Waals surface area contributed by atoms with Gasteiger partial charge in [0.1, 0.15) is 17.4 Å². The number of benzene rings is 3. The number of aromatic nitrogens is 2. The molecule has 1 amide bonds. The fourth-order valence-corrected chi connectivity index (χ4v) is 3.97. The highest BCUT2D eigenvalue weighted by molar-refractivity contribution is 9.10. The number of carbonyl (C=O) groups excluding carboxylic acids is 1. The Hall–Kier alpha value is -2.51. The first-order valence-electron chi connectivity index (χ1n) is 9.83. The quantitative estimate of drug-likeness (QED) is 0.253. The molecular weight excluding hydrogens is 549 g/mol. The Morgan fingerprint density at radius 2 is 1.76 bits per heavy atom. The molecule has 0 radical (unpaired) electrons. The van der Waals surface area contributed by atoms with Gasteiger partial charge < -0.3 is 10.1 Å². The van der Waals surface area contributed by atoms with Crippen LogP contribution in [-0.4, -0.2) is 15.7 Å². The molecule has 4 aromatic rings. The smallest absolute Gasteiger partial charge is 0.256 e. The first-order chi connectivity index (χ1) is 15.9. The van der Waals surface area contributed by atoms with E-state index in [-0.39, 0.29) is 12.5 Å². The molecule has 0 aliphatic carbocycles. The molecule has 9 heteroatoms. The summed E-state index contributed by atoms with van der Waals surface area (Å²) < 4.78 is 8.18. The molecule has 0 aliphatic heterocycles. The average molecular weight is 566 g/mol. The largest absolute Gasteiger partial charge is 0.487 e.